The van der Waals surface area contributed by atoms with Crippen LogP contribution in [0.4, 0.5) is 8.78 Å². The Morgan fingerprint density at radius 3 is 2.55 bits per heavy atom. The molecular weight excluding hydrogens is 376 g/mol. The van der Waals surface area contributed by atoms with Crippen LogP contribution in [0.2, 0.25) is 0 Å². The average molecular weight is 399 g/mol. The van der Waals surface area contributed by atoms with Crippen LogP contribution in [0, 0.1) is 29.7 Å². The van der Waals surface area contributed by atoms with E-state index >= 15 is 0 Å². The number of nitrogens with one attached hydrogen (secondary N) is 2. The van der Waals surface area contributed by atoms with E-state index < -0.39 is 29.9 Å². The van der Waals surface area contributed by atoms with Gasteiger partial charge in [-0.05, 0) is 24.8 Å². The number of benzene rings is 1. The maximum atomic E-state index is 13.3. The molecule has 1 aromatic heterocycles. The predicted octanol–water partition coefficient (Wildman–Crippen LogP) is 2.06. The molecule has 152 valence electrons. The van der Waals surface area contributed by atoms with Gasteiger partial charge in [0.05, 0.1) is 18.7 Å². The van der Waals surface area contributed by atoms with Gasteiger partial charge in [0.25, 0.3) is 5.91 Å². The molecule has 1 saturated carbocycles. The summed E-state index contributed by atoms with van der Waals surface area (Å²) >= 11 is 0. The summed E-state index contributed by atoms with van der Waals surface area (Å²) in [5, 5.41) is 16.4. The Hall–Kier alpha value is -2.82. The first kappa shape index (κ1) is 20.9. The number of aromatic nitrogens is 1. The Morgan fingerprint density at radius 2 is 1.90 bits per heavy atom. The van der Waals surface area contributed by atoms with Crippen LogP contribution in [0.3, 0.4) is 0 Å². The van der Waals surface area contributed by atoms with Gasteiger partial charge in [0, 0.05) is 30.2 Å². The second-order valence-electron chi connectivity index (χ2n) is 7.06. The number of carbonyl (C=O) groups excluding carboxylic acids is 1. The molecule has 2 atom stereocenters. The highest BCUT2D eigenvalue weighted by molar-refractivity contribution is 5.94. The molecule has 1 heterocycles. The minimum atomic E-state index is -1.08. The summed E-state index contributed by atoms with van der Waals surface area (Å²) in [7, 11) is 0. The van der Waals surface area contributed by atoms with E-state index in [-0.39, 0.29) is 12.1 Å². The highest BCUT2D eigenvalue weighted by Crippen LogP contribution is 2.27. The topological polar surface area (TPSA) is 74.2 Å². The van der Waals surface area contributed by atoms with Crippen molar-refractivity contribution < 1.29 is 18.7 Å². The Kier molecular flexibility index (Phi) is 7.28. The lowest BCUT2D eigenvalue weighted by Crippen LogP contribution is -2.48. The van der Waals surface area contributed by atoms with Gasteiger partial charge in [0.1, 0.15) is 0 Å². The molecule has 0 saturated heterocycles. The second kappa shape index (κ2) is 10.1. The van der Waals surface area contributed by atoms with Crippen LogP contribution in [-0.2, 0) is 6.42 Å². The molecule has 1 aliphatic rings. The molecule has 0 radical (unpaired) electrons. The van der Waals surface area contributed by atoms with Crippen molar-refractivity contribution in [2.75, 3.05) is 13.1 Å². The van der Waals surface area contributed by atoms with E-state index in [9.17, 15) is 18.7 Å². The number of amides is 1. The van der Waals surface area contributed by atoms with Gasteiger partial charge in [-0.3, -0.25) is 4.79 Å². The van der Waals surface area contributed by atoms with E-state index in [2.05, 4.69) is 27.5 Å². The molecule has 0 spiro atoms. The SMILES string of the molecule is O=C(N[C@@H](Cc1ccccc1)[C@H](O)CNCC#CC1CC1)c1cc(F)nc(F)c1. The van der Waals surface area contributed by atoms with Crippen molar-refractivity contribution in [3.05, 3.63) is 65.5 Å². The summed E-state index contributed by atoms with van der Waals surface area (Å²) in [4.78, 5) is 15.5. The molecule has 5 nitrogen and oxygen atoms in total. The summed E-state index contributed by atoms with van der Waals surface area (Å²) in [6.07, 6.45) is 1.74. The van der Waals surface area contributed by atoms with Crippen molar-refractivity contribution in [3.63, 3.8) is 0 Å². The van der Waals surface area contributed by atoms with Gasteiger partial charge in [0.15, 0.2) is 0 Å². The summed E-state index contributed by atoms with van der Waals surface area (Å²) in [6, 6.07) is 10.4. The predicted molar refractivity (Wildman–Crippen MR) is 105 cm³/mol. The molecule has 0 unspecified atom stereocenters. The Labute approximate surface area is 168 Å². The maximum absolute atomic E-state index is 13.3. The molecule has 29 heavy (non-hydrogen) atoms. The van der Waals surface area contributed by atoms with Crippen LogP contribution in [0.15, 0.2) is 42.5 Å². The molecule has 3 N–H and O–H groups in total. The molecule has 0 aliphatic heterocycles. The fraction of sp³-hybridized carbons (Fsp3) is 0.364. The van der Waals surface area contributed by atoms with Gasteiger partial charge in [-0.1, -0.05) is 42.2 Å². The minimum absolute atomic E-state index is 0.191. The molecule has 7 heteroatoms. The third kappa shape index (κ3) is 6.93. The standard InChI is InChI=1S/C22H23F2N3O2/c23-20-12-17(13-21(24)27-20)22(29)26-18(11-16-5-2-1-3-6-16)19(28)14-25-10-4-7-15-8-9-15/h1-3,5-6,12-13,15,18-19,25,28H,8-11,14H2,(H,26,29)/t18-,19+/m0/s1. The third-order valence-corrected chi connectivity index (χ3v) is 4.55. The second-order valence-corrected chi connectivity index (χ2v) is 7.06. The van der Waals surface area contributed by atoms with Gasteiger partial charge < -0.3 is 15.7 Å². The van der Waals surface area contributed by atoms with Gasteiger partial charge in [0.2, 0.25) is 11.9 Å². The Balaban J connectivity index is 1.64. The molecular formula is C22H23F2N3O2. The zero-order chi connectivity index (χ0) is 20.6. The summed E-state index contributed by atoms with van der Waals surface area (Å²) in [6.45, 7) is 0.663. The van der Waals surface area contributed by atoms with Crippen molar-refractivity contribution in [1.82, 2.24) is 15.6 Å². The summed E-state index contributed by atoms with van der Waals surface area (Å²) in [5.74, 6) is 3.81. The zero-order valence-electron chi connectivity index (χ0n) is 15.9. The average Bonchev–Trinajstić information content (AvgIpc) is 3.51. The highest BCUT2D eigenvalue weighted by atomic mass is 19.1. The monoisotopic (exact) mass is 399 g/mol. The van der Waals surface area contributed by atoms with Crippen LogP contribution in [-0.4, -0.2) is 41.2 Å². The molecule has 1 amide bonds. The molecule has 3 rings (SSSR count). The van der Waals surface area contributed by atoms with Crippen molar-refractivity contribution in [3.8, 4) is 11.8 Å². The first-order valence-electron chi connectivity index (χ1n) is 9.56. The summed E-state index contributed by atoms with van der Waals surface area (Å²) < 4.78 is 26.7. The maximum Gasteiger partial charge on any atom is 0.251 e. The number of aliphatic hydroxyl groups is 1. The molecule has 1 fully saturated rings. The number of nitrogens with zero attached hydrogens (tertiary/aromatic N) is 1. The lowest BCUT2D eigenvalue weighted by Gasteiger charge is -2.24. The van der Waals surface area contributed by atoms with Crippen LogP contribution in [0.25, 0.3) is 0 Å². The fourth-order valence-electron chi connectivity index (χ4n) is 2.85. The van der Waals surface area contributed by atoms with E-state index in [0.717, 1.165) is 30.5 Å². The van der Waals surface area contributed by atoms with Crippen LogP contribution < -0.4 is 10.6 Å². The lowest BCUT2D eigenvalue weighted by atomic mass is 10.0. The number of hydrogen-bond donors (Lipinski definition) is 3. The molecule has 1 aromatic carbocycles. The van der Waals surface area contributed by atoms with E-state index in [0.29, 0.717) is 18.9 Å². The quantitative estimate of drug-likeness (QED) is 0.361. The third-order valence-electron chi connectivity index (χ3n) is 4.55. The number of hydrogen-bond acceptors (Lipinski definition) is 4. The first-order chi connectivity index (χ1) is 14.0. The smallest absolute Gasteiger partial charge is 0.251 e. The van der Waals surface area contributed by atoms with E-state index in [1.54, 1.807) is 0 Å². The van der Waals surface area contributed by atoms with Gasteiger partial charge in [-0.2, -0.15) is 13.8 Å². The summed E-state index contributed by atoms with van der Waals surface area (Å²) in [5.41, 5.74) is 0.723. The molecule has 2 aromatic rings. The number of carbonyl (C=O) groups is 1. The number of halogens is 2. The van der Waals surface area contributed by atoms with E-state index in [1.165, 1.54) is 0 Å². The van der Waals surface area contributed by atoms with Crippen LogP contribution in [0.5, 0.6) is 0 Å². The van der Waals surface area contributed by atoms with Gasteiger partial charge >= 0.3 is 0 Å². The zero-order valence-corrected chi connectivity index (χ0v) is 15.9. The first-order valence-corrected chi connectivity index (χ1v) is 9.56. The number of pyridine rings is 1. The van der Waals surface area contributed by atoms with Crippen molar-refractivity contribution in [1.29, 1.82) is 0 Å². The van der Waals surface area contributed by atoms with E-state index in [1.807, 2.05) is 30.3 Å². The van der Waals surface area contributed by atoms with E-state index in [4.69, 9.17) is 0 Å². The number of rotatable bonds is 8. The fourth-order valence-corrected chi connectivity index (χ4v) is 2.85. The highest BCUT2D eigenvalue weighted by Gasteiger charge is 2.23. The van der Waals surface area contributed by atoms with Gasteiger partial charge in [-0.15, -0.1) is 0 Å². The lowest BCUT2D eigenvalue weighted by molar-refractivity contribution is 0.0831. The minimum Gasteiger partial charge on any atom is -0.390 e. The Bertz CT molecular complexity index is 872. The van der Waals surface area contributed by atoms with Crippen molar-refractivity contribution >= 4 is 5.91 Å². The van der Waals surface area contributed by atoms with Gasteiger partial charge in [-0.25, -0.2) is 0 Å². The normalized spacial score (nSPS) is 15.1. The largest absolute Gasteiger partial charge is 0.390 e. The molecule has 1 aliphatic carbocycles. The molecule has 0 bridgehead atoms. The van der Waals surface area contributed by atoms with Crippen LogP contribution >= 0.6 is 0 Å². The Morgan fingerprint density at radius 1 is 1.21 bits per heavy atom. The number of aliphatic hydroxyl groups excluding tert-OH is 1. The van der Waals surface area contributed by atoms with Crippen molar-refractivity contribution in [2.24, 2.45) is 5.92 Å². The van der Waals surface area contributed by atoms with Crippen LogP contribution in [0.1, 0.15) is 28.8 Å². The van der Waals surface area contributed by atoms with Crippen molar-refractivity contribution in [2.45, 2.75) is 31.4 Å².